The number of carbonyl (C=O) groups excluding carboxylic acids is 1. The average molecular weight is 503 g/mol. The molecule has 0 bridgehead atoms. The van der Waals surface area contributed by atoms with Gasteiger partial charge in [0.25, 0.3) is 0 Å². The maximum Gasteiger partial charge on any atom is 0.231 e. The van der Waals surface area contributed by atoms with Crippen LogP contribution in [0.2, 0.25) is 0 Å². The maximum atomic E-state index is 12.7. The first kappa shape index (κ1) is 24.0. The van der Waals surface area contributed by atoms with Gasteiger partial charge in [0.15, 0.2) is 17.3 Å². The first-order valence-corrected chi connectivity index (χ1v) is 13.5. The minimum absolute atomic E-state index is 0.0571. The number of amides is 1. The number of likely N-dealkylation sites (tertiary alicyclic amines) is 1. The summed E-state index contributed by atoms with van der Waals surface area (Å²) in [7, 11) is 0. The topological polar surface area (TPSA) is 89.7 Å². The van der Waals surface area contributed by atoms with Crippen molar-refractivity contribution < 1.29 is 18.8 Å². The molecule has 1 N–H and O–H groups in total. The molecule has 1 aliphatic carbocycles. The molecule has 0 unspecified atom stereocenters. The van der Waals surface area contributed by atoms with Crippen LogP contribution in [0.4, 0.5) is 0 Å². The predicted octanol–water partition coefficient (Wildman–Crippen LogP) is 4.62. The Balaban J connectivity index is 1.00. The zero-order chi connectivity index (χ0) is 25.0. The molecule has 6 rings (SSSR count). The fraction of sp³-hybridized carbons (Fsp3) is 0.483. The van der Waals surface area contributed by atoms with Gasteiger partial charge in [0.05, 0.1) is 6.04 Å². The Kier molecular flexibility index (Phi) is 7.08. The summed E-state index contributed by atoms with van der Waals surface area (Å²) >= 11 is 0. The van der Waals surface area contributed by atoms with Crippen LogP contribution in [0, 0.1) is 5.92 Å². The van der Waals surface area contributed by atoms with E-state index in [9.17, 15) is 4.79 Å². The fourth-order valence-electron chi connectivity index (χ4n) is 5.42. The summed E-state index contributed by atoms with van der Waals surface area (Å²) in [6.45, 7) is 3.20. The molecule has 3 aliphatic rings. The third kappa shape index (κ3) is 5.64. The highest BCUT2D eigenvalue weighted by molar-refractivity contribution is 5.79. The van der Waals surface area contributed by atoms with Crippen LogP contribution < -0.4 is 14.8 Å². The van der Waals surface area contributed by atoms with Crippen LogP contribution in [0.25, 0.3) is 0 Å². The Bertz CT molecular complexity index is 1200. The summed E-state index contributed by atoms with van der Waals surface area (Å²) in [5, 5.41) is 7.57. The molecular formula is C29H34N4O4. The third-order valence-electron chi connectivity index (χ3n) is 7.95. The number of aromatic nitrogens is 2. The summed E-state index contributed by atoms with van der Waals surface area (Å²) in [6, 6.07) is 16.3. The molecule has 0 radical (unpaired) electrons. The molecule has 2 fully saturated rings. The zero-order valence-electron chi connectivity index (χ0n) is 21.1. The minimum atomic E-state index is 0.0571. The number of hydrogen-bond donors (Lipinski definition) is 1. The molecule has 8 heteroatoms. The van der Waals surface area contributed by atoms with Crippen LogP contribution in [0.3, 0.4) is 0 Å². The van der Waals surface area contributed by atoms with Gasteiger partial charge >= 0.3 is 0 Å². The van der Waals surface area contributed by atoms with Gasteiger partial charge in [-0.2, -0.15) is 4.98 Å². The van der Waals surface area contributed by atoms with Crippen molar-refractivity contribution in [1.29, 1.82) is 0 Å². The van der Waals surface area contributed by atoms with Crippen molar-refractivity contribution >= 4 is 5.91 Å². The van der Waals surface area contributed by atoms with E-state index in [1.54, 1.807) is 0 Å². The van der Waals surface area contributed by atoms with E-state index in [0.29, 0.717) is 12.2 Å². The van der Waals surface area contributed by atoms with E-state index in [-0.39, 0.29) is 30.6 Å². The number of nitrogens with one attached hydrogen (secondary N) is 1. The van der Waals surface area contributed by atoms with Gasteiger partial charge in [-0.1, -0.05) is 48.0 Å². The monoisotopic (exact) mass is 502 g/mol. The Morgan fingerprint density at radius 1 is 1.03 bits per heavy atom. The summed E-state index contributed by atoms with van der Waals surface area (Å²) in [4.78, 5) is 19.9. The van der Waals surface area contributed by atoms with Crippen LogP contribution in [-0.2, 0) is 11.2 Å². The van der Waals surface area contributed by atoms with E-state index in [1.807, 2.05) is 24.3 Å². The summed E-state index contributed by atoms with van der Waals surface area (Å²) in [5.74, 6) is 3.69. The van der Waals surface area contributed by atoms with Crippen molar-refractivity contribution in [1.82, 2.24) is 20.4 Å². The lowest BCUT2D eigenvalue weighted by Gasteiger charge is -2.32. The van der Waals surface area contributed by atoms with Crippen molar-refractivity contribution in [2.24, 2.45) is 5.92 Å². The standard InChI is InChI=1S/C29H34N4O4/c34-28(22-7-4-8-22)30-24(21-5-2-1-3-6-21)13-16-33-14-11-23(12-15-33)29-31-27(32-37-29)18-20-9-10-25-26(17-20)36-19-35-25/h1-3,5-6,9-10,17,22-24H,4,7-8,11-16,18-19H2,(H,30,34)/t24-/m0/s1. The van der Waals surface area contributed by atoms with Crippen molar-refractivity contribution in [3.05, 3.63) is 71.4 Å². The molecule has 2 aromatic carbocycles. The normalized spacial score (nSPS) is 18.9. The second-order valence-corrected chi connectivity index (χ2v) is 10.4. The lowest BCUT2D eigenvalue weighted by Crippen LogP contribution is -2.39. The van der Waals surface area contributed by atoms with Gasteiger partial charge < -0.3 is 24.2 Å². The molecule has 1 amide bonds. The van der Waals surface area contributed by atoms with Crippen molar-refractivity contribution in [2.75, 3.05) is 26.4 Å². The Morgan fingerprint density at radius 2 is 1.84 bits per heavy atom. The van der Waals surface area contributed by atoms with Crippen molar-refractivity contribution in [2.45, 2.75) is 56.9 Å². The van der Waals surface area contributed by atoms with Gasteiger partial charge in [-0.3, -0.25) is 4.79 Å². The van der Waals surface area contributed by atoms with Crippen LogP contribution >= 0.6 is 0 Å². The highest BCUT2D eigenvalue weighted by Gasteiger charge is 2.29. The molecular weight excluding hydrogens is 468 g/mol. The molecule has 1 aromatic heterocycles. The van der Waals surface area contributed by atoms with Crippen LogP contribution in [-0.4, -0.2) is 47.4 Å². The van der Waals surface area contributed by atoms with Gasteiger partial charge in [-0.15, -0.1) is 0 Å². The molecule has 194 valence electrons. The number of carbonyl (C=O) groups is 1. The fourth-order valence-corrected chi connectivity index (χ4v) is 5.42. The second kappa shape index (κ2) is 10.9. The zero-order valence-corrected chi connectivity index (χ0v) is 21.1. The number of fused-ring (bicyclic) bond motifs is 1. The number of rotatable bonds is 9. The summed E-state index contributed by atoms with van der Waals surface area (Å²) < 4.78 is 16.5. The van der Waals surface area contributed by atoms with E-state index >= 15 is 0 Å². The highest BCUT2D eigenvalue weighted by Crippen LogP contribution is 2.33. The number of nitrogens with zero attached hydrogens (tertiary/aromatic N) is 3. The number of ether oxygens (including phenoxy) is 2. The smallest absolute Gasteiger partial charge is 0.231 e. The summed E-state index contributed by atoms with van der Waals surface area (Å²) in [6.07, 6.45) is 6.72. The number of piperidine rings is 1. The largest absolute Gasteiger partial charge is 0.454 e. The van der Waals surface area contributed by atoms with E-state index < -0.39 is 0 Å². The van der Waals surface area contributed by atoms with Crippen LogP contribution in [0.5, 0.6) is 11.5 Å². The Labute approximate surface area is 217 Å². The lowest BCUT2D eigenvalue weighted by molar-refractivity contribution is -0.128. The first-order valence-electron chi connectivity index (χ1n) is 13.5. The van der Waals surface area contributed by atoms with Crippen LogP contribution in [0.15, 0.2) is 53.1 Å². The van der Waals surface area contributed by atoms with Gasteiger partial charge in [-0.05, 0) is 68.5 Å². The quantitative estimate of drug-likeness (QED) is 0.457. The molecule has 0 spiro atoms. The molecule has 3 heterocycles. The van der Waals surface area contributed by atoms with E-state index in [4.69, 9.17) is 19.0 Å². The van der Waals surface area contributed by atoms with Gasteiger partial charge in [-0.25, -0.2) is 0 Å². The Morgan fingerprint density at radius 3 is 2.62 bits per heavy atom. The molecule has 1 saturated carbocycles. The lowest BCUT2D eigenvalue weighted by atomic mass is 9.84. The van der Waals surface area contributed by atoms with Crippen molar-refractivity contribution in [3.8, 4) is 11.5 Å². The third-order valence-corrected chi connectivity index (χ3v) is 7.95. The molecule has 2 aliphatic heterocycles. The molecule has 1 saturated heterocycles. The van der Waals surface area contributed by atoms with Gasteiger partial charge in [0, 0.05) is 24.8 Å². The molecule has 37 heavy (non-hydrogen) atoms. The summed E-state index contributed by atoms with van der Waals surface area (Å²) in [5.41, 5.74) is 2.26. The molecule has 8 nitrogen and oxygen atoms in total. The predicted molar refractivity (Wildman–Crippen MR) is 137 cm³/mol. The average Bonchev–Trinajstić information content (AvgIpc) is 3.56. The van der Waals surface area contributed by atoms with Gasteiger partial charge in [0.1, 0.15) is 0 Å². The number of benzene rings is 2. The van der Waals surface area contributed by atoms with E-state index in [0.717, 1.165) is 74.7 Å². The Hall–Kier alpha value is -3.39. The highest BCUT2D eigenvalue weighted by atomic mass is 16.7. The maximum absolute atomic E-state index is 12.7. The first-order chi connectivity index (χ1) is 18.2. The second-order valence-electron chi connectivity index (χ2n) is 10.4. The van der Waals surface area contributed by atoms with Crippen molar-refractivity contribution in [3.63, 3.8) is 0 Å². The number of hydrogen-bond acceptors (Lipinski definition) is 7. The van der Waals surface area contributed by atoms with Gasteiger partial charge in [0.2, 0.25) is 18.6 Å². The minimum Gasteiger partial charge on any atom is -0.454 e. The molecule has 3 aromatic rings. The van der Waals surface area contributed by atoms with E-state index in [1.165, 1.54) is 12.0 Å². The SMILES string of the molecule is O=C(N[C@@H](CCN1CCC(c2nc(Cc3ccc4c(c3)OCO4)no2)CC1)c1ccccc1)C1CCC1. The van der Waals surface area contributed by atoms with E-state index in [2.05, 4.69) is 39.6 Å². The van der Waals surface area contributed by atoms with Crippen LogP contribution in [0.1, 0.15) is 73.3 Å². The molecule has 1 atom stereocenters.